The fraction of sp³-hybridized carbons (Fsp3) is 0.312. The van der Waals surface area contributed by atoms with Crippen LogP contribution in [0.25, 0.3) is 0 Å². The van der Waals surface area contributed by atoms with Crippen molar-refractivity contribution in [3.63, 3.8) is 0 Å². The maximum atomic E-state index is 12.3. The van der Waals surface area contributed by atoms with Crippen LogP contribution in [-0.2, 0) is 6.54 Å². The minimum absolute atomic E-state index is 0.131. The summed E-state index contributed by atoms with van der Waals surface area (Å²) in [5, 5.41) is 11.0. The first-order valence-electron chi connectivity index (χ1n) is 6.99. The molecular formula is C16H20N4O. The van der Waals surface area contributed by atoms with Crippen LogP contribution in [0.1, 0.15) is 28.5 Å². The standard InChI is InChI=1S/C16H20N4O/c1-4-17-15-10-9-14(18-19-15)16(21)20(3)11-13-8-6-5-7-12(13)2/h5-10H,4,11H2,1-3H3,(H,17,19). The summed E-state index contributed by atoms with van der Waals surface area (Å²) in [4.78, 5) is 14.0. The van der Waals surface area contributed by atoms with Gasteiger partial charge in [0, 0.05) is 20.1 Å². The fourth-order valence-electron chi connectivity index (χ4n) is 2.03. The second kappa shape index (κ2) is 6.83. The Balaban J connectivity index is 2.07. The lowest BCUT2D eigenvalue weighted by Crippen LogP contribution is -2.27. The zero-order valence-corrected chi connectivity index (χ0v) is 12.6. The summed E-state index contributed by atoms with van der Waals surface area (Å²) in [5.74, 6) is 0.546. The SMILES string of the molecule is CCNc1ccc(C(=O)N(C)Cc2ccccc2C)nn1. The van der Waals surface area contributed by atoms with E-state index >= 15 is 0 Å². The first-order chi connectivity index (χ1) is 10.1. The van der Waals surface area contributed by atoms with Crippen molar-refractivity contribution in [2.75, 3.05) is 18.9 Å². The smallest absolute Gasteiger partial charge is 0.274 e. The van der Waals surface area contributed by atoms with Crippen molar-refractivity contribution in [3.05, 3.63) is 53.2 Å². The highest BCUT2D eigenvalue weighted by Gasteiger charge is 2.14. The summed E-state index contributed by atoms with van der Waals surface area (Å²) in [6.45, 7) is 5.35. The molecule has 0 aliphatic carbocycles. The van der Waals surface area contributed by atoms with Gasteiger partial charge in [0.2, 0.25) is 0 Å². The molecule has 2 rings (SSSR count). The Labute approximate surface area is 125 Å². The average molecular weight is 284 g/mol. The number of hydrogen-bond donors (Lipinski definition) is 1. The quantitative estimate of drug-likeness (QED) is 0.916. The van der Waals surface area contributed by atoms with Gasteiger partial charge < -0.3 is 10.2 Å². The molecule has 5 nitrogen and oxygen atoms in total. The van der Waals surface area contributed by atoms with Gasteiger partial charge in [-0.25, -0.2) is 0 Å². The molecule has 0 fully saturated rings. The molecule has 0 atom stereocenters. The van der Waals surface area contributed by atoms with Crippen LogP contribution >= 0.6 is 0 Å². The van der Waals surface area contributed by atoms with Gasteiger partial charge in [-0.15, -0.1) is 10.2 Å². The van der Waals surface area contributed by atoms with Gasteiger partial charge in [-0.05, 0) is 37.1 Å². The fourth-order valence-corrected chi connectivity index (χ4v) is 2.03. The van der Waals surface area contributed by atoms with Crippen molar-refractivity contribution in [2.45, 2.75) is 20.4 Å². The van der Waals surface area contributed by atoms with Gasteiger partial charge in [-0.3, -0.25) is 4.79 Å². The van der Waals surface area contributed by atoms with Crippen molar-refractivity contribution < 1.29 is 4.79 Å². The minimum Gasteiger partial charge on any atom is -0.369 e. The van der Waals surface area contributed by atoms with Gasteiger partial charge in [0.1, 0.15) is 5.82 Å². The predicted octanol–water partition coefficient (Wildman–Crippen LogP) is 2.49. The molecule has 0 saturated carbocycles. The summed E-state index contributed by atoms with van der Waals surface area (Å²) >= 11 is 0. The summed E-state index contributed by atoms with van der Waals surface area (Å²) < 4.78 is 0. The molecule has 1 aromatic carbocycles. The van der Waals surface area contributed by atoms with Crippen molar-refractivity contribution in [3.8, 4) is 0 Å². The van der Waals surface area contributed by atoms with E-state index in [1.165, 1.54) is 5.56 Å². The molecule has 1 amide bonds. The highest BCUT2D eigenvalue weighted by atomic mass is 16.2. The average Bonchev–Trinajstić information content (AvgIpc) is 2.50. The first-order valence-corrected chi connectivity index (χ1v) is 6.99. The number of aryl methyl sites for hydroxylation is 1. The highest BCUT2D eigenvalue weighted by Crippen LogP contribution is 2.11. The molecule has 0 aliphatic rings. The number of aromatic nitrogens is 2. The lowest BCUT2D eigenvalue weighted by Gasteiger charge is -2.18. The van der Waals surface area contributed by atoms with Crippen LogP contribution in [0.2, 0.25) is 0 Å². The summed E-state index contributed by atoms with van der Waals surface area (Å²) in [7, 11) is 1.77. The van der Waals surface area contributed by atoms with Crippen molar-refractivity contribution in [2.24, 2.45) is 0 Å². The molecule has 0 aliphatic heterocycles. The molecule has 21 heavy (non-hydrogen) atoms. The summed E-state index contributed by atoms with van der Waals surface area (Å²) in [6.07, 6.45) is 0. The zero-order valence-electron chi connectivity index (χ0n) is 12.6. The van der Waals surface area contributed by atoms with E-state index < -0.39 is 0 Å². The van der Waals surface area contributed by atoms with Gasteiger partial charge in [0.05, 0.1) is 0 Å². The van der Waals surface area contributed by atoms with E-state index in [1.54, 1.807) is 24.1 Å². The molecule has 0 spiro atoms. The number of rotatable bonds is 5. The number of benzene rings is 1. The van der Waals surface area contributed by atoms with Crippen LogP contribution < -0.4 is 5.32 Å². The topological polar surface area (TPSA) is 58.1 Å². The first kappa shape index (κ1) is 15.0. The molecule has 0 radical (unpaired) electrons. The van der Waals surface area contributed by atoms with Crippen LogP contribution in [0.4, 0.5) is 5.82 Å². The van der Waals surface area contributed by atoms with Crippen LogP contribution in [0, 0.1) is 6.92 Å². The van der Waals surface area contributed by atoms with Crippen LogP contribution in [0.15, 0.2) is 36.4 Å². The van der Waals surface area contributed by atoms with Crippen molar-refractivity contribution in [1.29, 1.82) is 0 Å². The zero-order chi connectivity index (χ0) is 15.2. The number of anilines is 1. The molecule has 0 bridgehead atoms. The van der Waals surface area contributed by atoms with Gasteiger partial charge in [0.25, 0.3) is 5.91 Å². The second-order valence-corrected chi connectivity index (χ2v) is 4.92. The lowest BCUT2D eigenvalue weighted by molar-refractivity contribution is 0.0778. The molecule has 0 saturated heterocycles. The second-order valence-electron chi connectivity index (χ2n) is 4.92. The predicted molar refractivity (Wildman–Crippen MR) is 83.2 cm³/mol. The molecule has 1 N–H and O–H groups in total. The van der Waals surface area contributed by atoms with Crippen molar-refractivity contribution >= 4 is 11.7 Å². The van der Waals surface area contributed by atoms with E-state index in [1.807, 2.05) is 38.1 Å². The number of nitrogens with one attached hydrogen (secondary N) is 1. The number of nitrogens with zero attached hydrogens (tertiary/aromatic N) is 3. The van der Waals surface area contributed by atoms with E-state index in [2.05, 4.69) is 15.5 Å². The Morgan fingerprint density at radius 3 is 2.57 bits per heavy atom. The minimum atomic E-state index is -0.131. The number of carbonyl (C=O) groups excluding carboxylic acids is 1. The largest absolute Gasteiger partial charge is 0.369 e. The third kappa shape index (κ3) is 3.78. The Kier molecular flexibility index (Phi) is 4.87. The van der Waals surface area contributed by atoms with E-state index in [4.69, 9.17) is 0 Å². The van der Waals surface area contributed by atoms with Crippen LogP contribution in [-0.4, -0.2) is 34.6 Å². The third-order valence-electron chi connectivity index (χ3n) is 3.26. The number of hydrogen-bond acceptors (Lipinski definition) is 4. The monoisotopic (exact) mass is 284 g/mol. The maximum absolute atomic E-state index is 12.3. The summed E-state index contributed by atoms with van der Waals surface area (Å²) in [6, 6.07) is 11.5. The Hall–Kier alpha value is -2.43. The molecule has 2 aromatic rings. The maximum Gasteiger partial charge on any atom is 0.274 e. The van der Waals surface area contributed by atoms with E-state index in [0.717, 1.165) is 12.1 Å². The molecule has 110 valence electrons. The van der Waals surface area contributed by atoms with Crippen LogP contribution in [0.3, 0.4) is 0 Å². The van der Waals surface area contributed by atoms with E-state index in [0.29, 0.717) is 18.1 Å². The Morgan fingerprint density at radius 2 is 1.95 bits per heavy atom. The molecule has 1 aromatic heterocycles. The Bertz CT molecular complexity index is 610. The number of amides is 1. The lowest BCUT2D eigenvalue weighted by atomic mass is 10.1. The molecule has 5 heteroatoms. The normalized spacial score (nSPS) is 10.2. The number of carbonyl (C=O) groups is 1. The van der Waals surface area contributed by atoms with Gasteiger partial charge in [-0.2, -0.15) is 0 Å². The molecule has 0 unspecified atom stereocenters. The third-order valence-corrected chi connectivity index (χ3v) is 3.26. The van der Waals surface area contributed by atoms with Gasteiger partial charge in [-0.1, -0.05) is 24.3 Å². The van der Waals surface area contributed by atoms with Crippen LogP contribution in [0.5, 0.6) is 0 Å². The van der Waals surface area contributed by atoms with Crippen molar-refractivity contribution in [1.82, 2.24) is 15.1 Å². The summed E-state index contributed by atoms with van der Waals surface area (Å²) in [5.41, 5.74) is 2.66. The molecule has 1 heterocycles. The molecular weight excluding hydrogens is 264 g/mol. The van der Waals surface area contributed by atoms with E-state index in [9.17, 15) is 4.79 Å². The van der Waals surface area contributed by atoms with E-state index in [-0.39, 0.29) is 5.91 Å². The van der Waals surface area contributed by atoms with Gasteiger partial charge in [0.15, 0.2) is 5.69 Å². The Morgan fingerprint density at radius 1 is 1.19 bits per heavy atom. The highest BCUT2D eigenvalue weighted by molar-refractivity contribution is 5.92. The van der Waals surface area contributed by atoms with Gasteiger partial charge >= 0.3 is 0 Å².